The van der Waals surface area contributed by atoms with Crippen LogP contribution < -0.4 is 5.32 Å². The highest BCUT2D eigenvalue weighted by Crippen LogP contribution is 1.89. The molecule has 0 aliphatic rings. The second-order valence-corrected chi connectivity index (χ2v) is 3.17. The number of esters is 1. The van der Waals surface area contributed by atoms with Gasteiger partial charge in [-0.25, -0.2) is 4.79 Å². The average molecular weight is 203 g/mol. The summed E-state index contributed by atoms with van der Waals surface area (Å²) >= 11 is 0. The van der Waals surface area contributed by atoms with Crippen molar-refractivity contribution in [1.82, 2.24) is 5.32 Å². The first kappa shape index (κ1) is 12.9. The predicted molar refractivity (Wildman–Crippen MR) is 50.7 cm³/mol. The van der Waals surface area contributed by atoms with Gasteiger partial charge in [-0.15, -0.1) is 0 Å². The summed E-state index contributed by atoms with van der Waals surface area (Å²) in [5.74, 6) is -0.792. The Morgan fingerprint density at radius 3 is 2.29 bits per heavy atom. The van der Waals surface area contributed by atoms with Crippen LogP contribution in [-0.4, -0.2) is 37.7 Å². The van der Waals surface area contributed by atoms with Gasteiger partial charge in [0.2, 0.25) is 5.91 Å². The molecular weight excluding hydrogens is 186 g/mol. The molecule has 0 heterocycles. The molecule has 0 bridgehead atoms. The molecule has 14 heavy (non-hydrogen) atoms. The Balaban J connectivity index is 3.77. The molecule has 0 rings (SSSR count). The number of hydrogen-bond acceptors (Lipinski definition) is 4. The maximum absolute atomic E-state index is 11.1. The molecule has 1 N–H and O–H groups in total. The van der Waals surface area contributed by atoms with Crippen molar-refractivity contribution < 1.29 is 19.1 Å². The molecule has 0 spiro atoms. The lowest BCUT2D eigenvalue weighted by Gasteiger charge is -2.12. The third-order valence-corrected chi connectivity index (χ3v) is 1.48. The molecule has 1 amide bonds. The highest BCUT2D eigenvalue weighted by molar-refractivity contribution is 5.84. The lowest BCUT2D eigenvalue weighted by Crippen LogP contribution is -2.41. The minimum atomic E-state index is -0.636. The average Bonchev–Trinajstić information content (AvgIpc) is 2.13. The van der Waals surface area contributed by atoms with Crippen molar-refractivity contribution in [1.29, 1.82) is 0 Å². The van der Waals surface area contributed by atoms with Crippen LogP contribution in [0.1, 0.15) is 20.8 Å². The van der Waals surface area contributed by atoms with Crippen LogP contribution in [0.25, 0.3) is 0 Å². The molecule has 82 valence electrons. The summed E-state index contributed by atoms with van der Waals surface area (Å²) in [6.45, 7) is 5.17. The van der Waals surface area contributed by atoms with Crippen molar-refractivity contribution in [2.75, 3.05) is 13.7 Å². The van der Waals surface area contributed by atoms with E-state index in [-0.39, 0.29) is 18.6 Å². The third-order valence-electron chi connectivity index (χ3n) is 1.48. The van der Waals surface area contributed by atoms with Crippen LogP contribution in [0.4, 0.5) is 0 Å². The molecule has 0 saturated carbocycles. The fourth-order valence-electron chi connectivity index (χ4n) is 0.761. The molecule has 0 aliphatic carbocycles. The molecule has 0 aromatic carbocycles. The Labute approximate surface area is 83.8 Å². The molecule has 5 nitrogen and oxygen atoms in total. The Bertz CT molecular complexity index is 203. The van der Waals surface area contributed by atoms with Crippen molar-refractivity contribution in [3.8, 4) is 0 Å². The van der Waals surface area contributed by atoms with Gasteiger partial charge in [-0.2, -0.15) is 0 Å². The van der Waals surface area contributed by atoms with Gasteiger partial charge in [-0.1, -0.05) is 0 Å². The zero-order valence-electron chi connectivity index (χ0n) is 8.99. The maximum Gasteiger partial charge on any atom is 0.328 e. The molecule has 0 saturated heterocycles. The van der Waals surface area contributed by atoms with Gasteiger partial charge in [0.25, 0.3) is 0 Å². The smallest absolute Gasteiger partial charge is 0.328 e. The summed E-state index contributed by atoms with van der Waals surface area (Å²) in [5, 5.41) is 2.45. The van der Waals surface area contributed by atoms with E-state index in [1.807, 2.05) is 13.8 Å². The van der Waals surface area contributed by atoms with Gasteiger partial charge in [-0.05, 0) is 20.8 Å². The Morgan fingerprint density at radius 2 is 1.86 bits per heavy atom. The van der Waals surface area contributed by atoms with Crippen molar-refractivity contribution in [3.63, 3.8) is 0 Å². The van der Waals surface area contributed by atoms with Crippen LogP contribution in [0.5, 0.6) is 0 Å². The van der Waals surface area contributed by atoms with Gasteiger partial charge in [0.1, 0.15) is 12.6 Å². The molecule has 1 unspecified atom stereocenters. The lowest BCUT2D eigenvalue weighted by molar-refractivity contribution is -0.145. The highest BCUT2D eigenvalue weighted by atomic mass is 16.5. The number of nitrogens with one attached hydrogen (secondary N) is 1. The molecule has 1 atom stereocenters. The van der Waals surface area contributed by atoms with Gasteiger partial charge >= 0.3 is 5.97 Å². The summed E-state index contributed by atoms with van der Waals surface area (Å²) in [7, 11) is 1.27. The lowest BCUT2D eigenvalue weighted by atomic mass is 10.3. The highest BCUT2D eigenvalue weighted by Gasteiger charge is 2.15. The van der Waals surface area contributed by atoms with Crippen molar-refractivity contribution in [3.05, 3.63) is 0 Å². The van der Waals surface area contributed by atoms with Crippen LogP contribution >= 0.6 is 0 Å². The minimum absolute atomic E-state index is 0.00539. The fourth-order valence-corrected chi connectivity index (χ4v) is 0.761. The van der Waals surface area contributed by atoms with E-state index in [0.717, 1.165) is 0 Å². The fraction of sp³-hybridized carbons (Fsp3) is 0.778. The molecule has 0 aromatic rings. The van der Waals surface area contributed by atoms with Crippen LogP contribution in [0.3, 0.4) is 0 Å². The minimum Gasteiger partial charge on any atom is -0.467 e. The van der Waals surface area contributed by atoms with Gasteiger partial charge in [-0.3, -0.25) is 4.79 Å². The summed E-state index contributed by atoms with van der Waals surface area (Å²) in [5.41, 5.74) is 0. The van der Waals surface area contributed by atoms with Crippen molar-refractivity contribution in [2.45, 2.75) is 32.9 Å². The predicted octanol–water partition coefficient (Wildman–Crippen LogP) is 0.0891. The van der Waals surface area contributed by atoms with E-state index in [1.54, 1.807) is 6.92 Å². The van der Waals surface area contributed by atoms with Crippen LogP contribution in [0.2, 0.25) is 0 Å². The quantitative estimate of drug-likeness (QED) is 0.643. The number of amides is 1. The summed E-state index contributed by atoms with van der Waals surface area (Å²) in [4.78, 5) is 22.0. The van der Waals surface area contributed by atoms with Crippen LogP contribution in [0.15, 0.2) is 0 Å². The zero-order chi connectivity index (χ0) is 11.1. The van der Waals surface area contributed by atoms with E-state index in [4.69, 9.17) is 4.74 Å². The second kappa shape index (κ2) is 6.37. The largest absolute Gasteiger partial charge is 0.467 e. The normalized spacial score (nSPS) is 12.4. The van der Waals surface area contributed by atoms with Gasteiger partial charge in [0.05, 0.1) is 13.2 Å². The molecular formula is C9H17NO4. The molecule has 0 radical (unpaired) electrons. The van der Waals surface area contributed by atoms with E-state index in [0.29, 0.717) is 0 Å². The summed E-state index contributed by atoms with van der Waals surface area (Å²) < 4.78 is 9.50. The van der Waals surface area contributed by atoms with E-state index >= 15 is 0 Å². The van der Waals surface area contributed by atoms with Gasteiger partial charge < -0.3 is 14.8 Å². The Hall–Kier alpha value is -1.10. The standard InChI is InChI=1S/C9H17NO4/c1-6(2)14-5-8(11)10-7(3)9(12)13-4/h6-7H,5H2,1-4H3,(H,10,11). The Morgan fingerprint density at radius 1 is 1.29 bits per heavy atom. The first-order valence-corrected chi connectivity index (χ1v) is 4.46. The van der Waals surface area contributed by atoms with E-state index in [1.165, 1.54) is 7.11 Å². The number of methoxy groups -OCH3 is 1. The van der Waals surface area contributed by atoms with Crippen LogP contribution in [-0.2, 0) is 19.1 Å². The second-order valence-electron chi connectivity index (χ2n) is 3.17. The molecule has 5 heteroatoms. The maximum atomic E-state index is 11.1. The summed E-state index contributed by atoms with van der Waals surface area (Å²) in [6, 6.07) is -0.636. The van der Waals surface area contributed by atoms with Crippen molar-refractivity contribution >= 4 is 11.9 Å². The number of ether oxygens (including phenoxy) is 2. The number of rotatable bonds is 5. The molecule has 0 fully saturated rings. The third kappa shape index (κ3) is 5.53. The number of carbonyl (C=O) groups is 2. The van der Waals surface area contributed by atoms with Crippen molar-refractivity contribution in [2.24, 2.45) is 0 Å². The number of hydrogen-bond donors (Lipinski definition) is 1. The topological polar surface area (TPSA) is 64.6 Å². The molecule has 0 aliphatic heterocycles. The summed E-state index contributed by atoms with van der Waals surface area (Å²) in [6.07, 6.45) is -0.00539. The molecule has 0 aromatic heterocycles. The van der Waals surface area contributed by atoms with E-state index in [9.17, 15) is 9.59 Å². The Kier molecular flexibility index (Phi) is 5.87. The monoisotopic (exact) mass is 203 g/mol. The van der Waals surface area contributed by atoms with E-state index in [2.05, 4.69) is 10.1 Å². The van der Waals surface area contributed by atoms with E-state index < -0.39 is 12.0 Å². The van der Waals surface area contributed by atoms with Gasteiger partial charge in [0, 0.05) is 0 Å². The first-order chi connectivity index (χ1) is 6.47. The number of carbonyl (C=O) groups excluding carboxylic acids is 2. The zero-order valence-corrected chi connectivity index (χ0v) is 8.99. The van der Waals surface area contributed by atoms with Crippen LogP contribution in [0, 0.1) is 0 Å². The SMILES string of the molecule is COC(=O)C(C)NC(=O)COC(C)C. The van der Waals surface area contributed by atoms with Gasteiger partial charge in [0.15, 0.2) is 0 Å². The first-order valence-electron chi connectivity index (χ1n) is 4.46.